The van der Waals surface area contributed by atoms with Gasteiger partial charge in [-0.2, -0.15) is 18.3 Å². The predicted molar refractivity (Wildman–Crippen MR) is 56.6 cm³/mol. The molecule has 2 nitrogen and oxygen atoms in total. The number of alkyl halides is 3. The second-order valence-corrected chi connectivity index (χ2v) is 3.82. The molecule has 0 aliphatic rings. The Morgan fingerprint density at radius 2 is 2.12 bits per heavy atom. The molecule has 2 aromatic rings. The molecule has 0 saturated heterocycles. The first-order valence-electron chi connectivity index (χ1n) is 4.72. The lowest BCUT2D eigenvalue weighted by molar-refractivity contribution is -0.141. The Morgan fingerprint density at radius 3 is 2.71 bits per heavy atom. The van der Waals surface area contributed by atoms with Gasteiger partial charge in [0.1, 0.15) is 0 Å². The van der Waals surface area contributed by atoms with Crippen LogP contribution in [0, 0.1) is 6.07 Å². The lowest BCUT2D eigenvalue weighted by Crippen LogP contribution is -2.08. The van der Waals surface area contributed by atoms with E-state index in [1.165, 1.54) is 10.9 Å². The fourth-order valence-electron chi connectivity index (χ4n) is 1.35. The van der Waals surface area contributed by atoms with Crippen LogP contribution in [0.15, 0.2) is 30.5 Å². The maximum absolute atomic E-state index is 12.3. The number of aromatic nitrogens is 2. The molecule has 89 valence electrons. The number of hydrogen-bond acceptors (Lipinski definition) is 1. The molecule has 0 aliphatic heterocycles. The molecule has 1 radical (unpaired) electrons. The zero-order chi connectivity index (χ0) is 12.5. The van der Waals surface area contributed by atoms with Gasteiger partial charge in [-0.1, -0.05) is 23.7 Å². The third-order valence-electron chi connectivity index (χ3n) is 2.16. The highest BCUT2D eigenvalue weighted by Crippen LogP contribution is 2.27. The molecule has 0 spiro atoms. The number of hydrogen-bond donors (Lipinski definition) is 0. The van der Waals surface area contributed by atoms with Crippen LogP contribution in [0.4, 0.5) is 13.2 Å². The molecule has 0 bridgehead atoms. The van der Waals surface area contributed by atoms with Gasteiger partial charge in [-0.05, 0) is 23.8 Å². The van der Waals surface area contributed by atoms with E-state index in [1.54, 1.807) is 18.2 Å². The highest BCUT2D eigenvalue weighted by molar-refractivity contribution is 6.31. The predicted octanol–water partition coefficient (Wildman–Crippen LogP) is 3.40. The summed E-state index contributed by atoms with van der Waals surface area (Å²) in [5.41, 5.74) is -0.210. The minimum absolute atomic E-state index is 0.198. The minimum Gasteiger partial charge on any atom is -0.268 e. The van der Waals surface area contributed by atoms with Crippen LogP contribution in [0.5, 0.6) is 0 Å². The van der Waals surface area contributed by atoms with Crippen molar-refractivity contribution >= 4 is 11.6 Å². The van der Waals surface area contributed by atoms with Crippen molar-refractivity contribution in [2.45, 2.75) is 12.7 Å². The fraction of sp³-hybridized carbons (Fsp3) is 0.182. The van der Waals surface area contributed by atoms with Gasteiger partial charge in [-0.25, -0.2) is 0 Å². The van der Waals surface area contributed by atoms with Crippen molar-refractivity contribution in [1.82, 2.24) is 9.78 Å². The summed E-state index contributed by atoms with van der Waals surface area (Å²) in [4.78, 5) is 0. The first kappa shape index (κ1) is 12.0. The normalized spacial score (nSPS) is 11.8. The molecular formula is C11H7ClF3N2. The number of halogens is 4. The largest absolute Gasteiger partial charge is 0.435 e. The van der Waals surface area contributed by atoms with Gasteiger partial charge in [0.25, 0.3) is 0 Å². The molecule has 0 aliphatic carbocycles. The number of rotatable bonds is 2. The lowest BCUT2D eigenvalue weighted by Gasteiger charge is -2.04. The van der Waals surface area contributed by atoms with Gasteiger partial charge < -0.3 is 0 Å². The van der Waals surface area contributed by atoms with Crippen LogP contribution in [-0.4, -0.2) is 9.78 Å². The van der Waals surface area contributed by atoms with Gasteiger partial charge in [0.15, 0.2) is 5.69 Å². The maximum Gasteiger partial charge on any atom is 0.435 e. The van der Waals surface area contributed by atoms with Crippen LogP contribution in [0.3, 0.4) is 0 Å². The second-order valence-electron chi connectivity index (χ2n) is 3.41. The van der Waals surface area contributed by atoms with E-state index in [0.29, 0.717) is 10.6 Å². The first-order chi connectivity index (χ1) is 7.97. The van der Waals surface area contributed by atoms with E-state index in [9.17, 15) is 13.2 Å². The second kappa shape index (κ2) is 4.41. The highest BCUT2D eigenvalue weighted by atomic mass is 35.5. The number of benzene rings is 1. The molecule has 0 saturated carbocycles. The summed E-state index contributed by atoms with van der Waals surface area (Å²) in [6, 6.07) is 8.61. The monoisotopic (exact) mass is 259 g/mol. The van der Waals surface area contributed by atoms with E-state index in [2.05, 4.69) is 11.2 Å². The van der Waals surface area contributed by atoms with Crippen molar-refractivity contribution in [2.75, 3.05) is 0 Å². The van der Waals surface area contributed by atoms with Gasteiger partial charge in [0.2, 0.25) is 0 Å². The summed E-state index contributed by atoms with van der Waals surface area (Å²) in [5, 5.41) is 3.90. The van der Waals surface area contributed by atoms with Gasteiger partial charge in [0.05, 0.1) is 6.54 Å². The molecule has 0 unspecified atom stereocenters. The summed E-state index contributed by atoms with van der Waals surface area (Å²) in [6.45, 7) is 0.198. The van der Waals surface area contributed by atoms with Crippen LogP contribution in [0.2, 0.25) is 5.02 Å². The summed E-state index contributed by atoms with van der Waals surface area (Å²) in [6.07, 6.45) is -3.14. The zero-order valence-electron chi connectivity index (χ0n) is 8.50. The van der Waals surface area contributed by atoms with Gasteiger partial charge >= 0.3 is 6.18 Å². The van der Waals surface area contributed by atoms with E-state index in [1.807, 2.05) is 0 Å². The molecule has 0 amide bonds. The quantitative estimate of drug-likeness (QED) is 0.808. The lowest BCUT2D eigenvalue weighted by atomic mass is 10.2. The number of nitrogens with zero attached hydrogens (tertiary/aromatic N) is 2. The SMILES string of the molecule is FC(F)(F)c1ccn(Cc2cc[c]cc2Cl)n1. The van der Waals surface area contributed by atoms with E-state index < -0.39 is 11.9 Å². The van der Waals surface area contributed by atoms with E-state index in [-0.39, 0.29) is 6.54 Å². The molecule has 0 atom stereocenters. The molecule has 0 N–H and O–H groups in total. The Kier molecular flexibility index (Phi) is 3.11. The molecule has 1 aromatic carbocycles. The fourth-order valence-corrected chi connectivity index (χ4v) is 1.53. The van der Waals surface area contributed by atoms with Crippen LogP contribution >= 0.6 is 11.6 Å². The Balaban J connectivity index is 2.21. The van der Waals surface area contributed by atoms with E-state index in [4.69, 9.17) is 11.6 Å². The topological polar surface area (TPSA) is 17.8 Å². The maximum atomic E-state index is 12.3. The van der Waals surface area contributed by atoms with E-state index in [0.717, 1.165) is 6.07 Å². The standard InChI is InChI=1S/C11H7ClF3N2/c12-9-4-2-1-3-8(9)7-17-6-5-10(16-17)11(13,14)15/h1,3-6H,7H2. The highest BCUT2D eigenvalue weighted by Gasteiger charge is 2.33. The van der Waals surface area contributed by atoms with Crippen molar-refractivity contribution in [1.29, 1.82) is 0 Å². The Bertz CT molecular complexity index is 519. The summed E-state index contributed by atoms with van der Waals surface area (Å²) >= 11 is 5.88. The molecule has 2 rings (SSSR count). The van der Waals surface area contributed by atoms with Crippen molar-refractivity contribution in [3.8, 4) is 0 Å². The van der Waals surface area contributed by atoms with Crippen LogP contribution in [-0.2, 0) is 12.7 Å². The average Bonchev–Trinajstić information content (AvgIpc) is 2.69. The van der Waals surface area contributed by atoms with Crippen LogP contribution in [0.1, 0.15) is 11.3 Å². The third-order valence-corrected chi connectivity index (χ3v) is 2.51. The van der Waals surface area contributed by atoms with Crippen molar-refractivity contribution < 1.29 is 13.2 Å². The summed E-state index contributed by atoms with van der Waals surface area (Å²) in [7, 11) is 0. The molecular weight excluding hydrogens is 253 g/mol. The van der Waals surface area contributed by atoms with Crippen LogP contribution in [0.25, 0.3) is 0 Å². The molecule has 6 heteroatoms. The van der Waals surface area contributed by atoms with Gasteiger partial charge in [-0.3, -0.25) is 4.68 Å². The zero-order valence-corrected chi connectivity index (χ0v) is 9.26. The minimum atomic E-state index is -4.42. The third kappa shape index (κ3) is 2.79. The van der Waals surface area contributed by atoms with Crippen LogP contribution < -0.4 is 0 Å². The average molecular weight is 260 g/mol. The molecule has 17 heavy (non-hydrogen) atoms. The Hall–Kier alpha value is -1.49. The molecule has 1 aromatic heterocycles. The van der Waals surface area contributed by atoms with Crippen molar-refractivity contribution in [3.63, 3.8) is 0 Å². The Morgan fingerprint density at radius 1 is 1.35 bits per heavy atom. The first-order valence-corrected chi connectivity index (χ1v) is 5.10. The van der Waals surface area contributed by atoms with Gasteiger partial charge in [-0.15, -0.1) is 0 Å². The Labute approximate surface area is 101 Å². The van der Waals surface area contributed by atoms with Crippen molar-refractivity contribution in [3.05, 3.63) is 52.8 Å². The molecule has 0 fully saturated rings. The smallest absolute Gasteiger partial charge is 0.268 e. The van der Waals surface area contributed by atoms with Gasteiger partial charge in [0, 0.05) is 11.2 Å². The van der Waals surface area contributed by atoms with E-state index >= 15 is 0 Å². The van der Waals surface area contributed by atoms with Crippen molar-refractivity contribution in [2.24, 2.45) is 0 Å². The molecule has 1 heterocycles. The summed E-state index contributed by atoms with van der Waals surface area (Å²) < 4.78 is 38.1. The summed E-state index contributed by atoms with van der Waals surface area (Å²) in [5.74, 6) is 0.